The maximum absolute atomic E-state index is 12.1. The van der Waals surface area contributed by atoms with Gasteiger partial charge < -0.3 is 15.0 Å². The van der Waals surface area contributed by atoms with Crippen molar-refractivity contribution in [2.24, 2.45) is 11.8 Å². The van der Waals surface area contributed by atoms with Crippen molar-refractivity contribution in [3.63, 3.8) is 0 Å². The Morgan fingerprint density at radius 2 is 2.15 bits per heavy atom. The number of ether oxygens (including phenoxy) is 1. The average Bonchev–Trinajstić information content (AvgIpc) is 3.02. The highest BCUT2D eigenvalue weighted by Gasteiger charge is 2.28. The second-order valence-electron chi connectivity index (χ2n) is 5.72. The van der Waals surface area contributed by atoms with Gasteiger partial charge in [-0.15, -0.1) is 0 Å². The summed E-state index contributed by atoms with van der Waals surface area (Å²) < 4.78 is 28.1. The van der Waals surface area contributed by atoms with Crippen LogP contribution in [-0.2, 0) is 14.6 Å². The molecule has 7 heteroatoms. The molecule has 20 heavy (non-hydrogen) atoms. The summed E-state index contributed by atoms with van der Waals surface area (Å²) in [5.74, 6) is 0.949. The van der Waals surface area contributed by atoms with E-state index >= 15 is 0 Å². The van der Waals surface area contributed by atoms with Crippen LogP contribution in [0.5, 0.6) is 0 Å². The Balaban J connectivity index is 1.74. The highest BCUT2D eigenvalue weighted by molar-refractivity contribution is 7.91. The fraction of sp³-hybridized carbons (Fsp3) is 0.923. The first-order valence-corrected chi connectivity index (χ1v) is 9.13. The average molecular weight is 304 g/mol. The predicted octanol–water partition coefficient (Wildman–Crippen LogP) is 0.489. The molecule has 0 bridgehead atoms. The second-order valence-corrected chi connectivity index (χ2v) is 7.95. The molecular weight excluding hydrogens is 280 g/mol. The molecule has 0 aromatic rings. The van der Waals surface area contributed by atoms with Gasteiger partial charge in [0.15, 0.2) is 9.84 Å². The summed E-state index contributed by atoms with van der Waals surface area (Å²) in [6.45, 7) is 5.29. The van der Waals surface area contributed by atoms with Crippen molar-refractivity contribution in [1.29, 1.82) is 0 Å². The fourth-order valence-electron chi connectivity index (χ4n) is 2.77. The third-order valence-corrected chi connectivity index (χ3v) is 5.88. The summed E-state index contributed by atoms with van der Waals surface area (Å²) in [6, 6.07) is -0.0938. The van der Waals surface area contributed by atoms with E-state index in [0.29, 0.717) is 32.0 Å². The van der Waals surface area contributed by atoms with Gasteiger partial charge >= 0.3 is 6.03 Å². The van der Waals surface area contributed by atoms with E-state index in [-0.39, 0.29) is 23.5 Å². The third-order valence-electron chi connectivity index (χ3n) is 4.04. The Morgan fingerprint density at radius 1 is 1.35 bits per heavy atom. The van der Waals surface area contributed by atoms with E-state index in [2.05, 4.69) is 5.32 Å². The van der Waals surface area contributed by atoms with Gasteiger partial charge in [0.25, 0.3) is 0 Å². The smallest absolute Gasteiger partial charge is 0.317 e. The lowest BCUT2D eigenvalue weighted by atomic mass is 10.1. The summed E-state index contributed by atoms with van der Waals surface area (Å²) in [5, 5.41) is 2.87. The van der Waals surface area contributed by atoms with Crippen LogP contribution in [0.4, 0.5) is 4.79 Å². The first-order chi connectivity index (χ1) is 9.50. The number of hydrogen-bond acceptors (Lipinski definition) is 4. The van der Waals surface area contributed by atoms with E-state index in [9.17, 15) is 13.2 Å². The van der Waals surface area contributed by atoms with E-state index in [4.69, 9.17) is 4.74 Å². The topological polar surface area (TPSA) is 75.7 Å². The molecule has 1 N–H and O–H groups in total. The van der Waals surface area contributed by atoms with E-state index in [1.165, 1.54) is 0 Å². The third kappa shape index (κ3) is 4.34. The standard InChI is InChI=1S/C13H24N2O4S/c1-2-15(8-12-3-5-19-9-12)13(16)14-7-11-4-6-20(17,18)10-11/h11-12H,2-10H2,1H3,(H,14,16). The lowest BCUT2D eigenvalue weighted by Gasteiger charge is -2.24. The second kappa shape index (κ2) is 6.76. The molecule has 2 saturated heterocycles. The molecule has 0 radical (unpaired) electrons. The molecule has 0 aliphatic carbocycles. The van der Waals surface area contributed by atoms with Crippen molar-refractivity contribution in [1.82, 2.24) is 10.2 Å². The first-order valence-electron chi connectivity index (χ1n) is 7.31. The minimum Gasteiger partial charge on any atom is -0.381 e. The number of sulfone groups is 1. The zero-order valence-electron chi connectivity index (χ0n) is 12.0. The molecule has 2 heterocycles. The number of carbonyl (C=O) groups excluding carboxylic acids is 1. The van der Waals surface area contributed by atoms with Gasteiger partial charge in [0, 0.05) is 32.2 Å². The molecule has 2 unspecified atom stereocenters. The highest BCUT2D eigenvalue weighted by Crippen LogP contribution is 2.18. The lowest BCUT2D eigenvalue weighted by molar-refractivity contribution is 0.166. The summed E-state index contributed by atoms with van der Waals surface area (Å²) in [6.07, 6.45) is 1.66. The predicted molar refractivity (Wildman–Crippen MR) is 76.3 cm³/mol. The Labute approximate surface area is 120 Å². The summed E-state index contributed by atoms with van der Waals surface area (Å²) in [4.78, 5) is 13.9. The van der Waals surface area contributed by atoms with Crippen LogP contribution in [0.3, 0.4) is 0 Å². The molecule has 6 nitrogen and oxygen atoms in total. The number of nitrogens with zero attached hydrogens (tertiary/aromatic N) is 1. The molecule has 2 atom stereocenters. The lowest BCUT2D eigenvalue weighted by Crippen LogP contribution is -2.44. The SMILES string of the molecule is CCN(CC1CCOC1)C(=O)NCC1CCS(=O)(=O)C1. The monoisotopic (exact) mass is 304 g/mol. The molecule has 2 fully saturated rings. The van der Waals surface area contributed by atoms with Crippen LogP contribution < -0.4 is 5.32 Å². The normalized spacial score (nSPS) is 28.4. The molecule has 2 aliphatic heterocycles. The van der Waals surface area contributed by atoms with Crippen LogP contribution in [0.15, 0.2) is 0 Å². The molecule has 0 aromatic carbocycles. The number of nitrogens with one attached hydrogen (secondary N) is 1. The van der Waals surface area contributed by atoms with Crippen LogP contribution in [0.2, 0.25) is 0 Å². The number of amides is 2. The van der Waals surface area contributed by atoms with Crippen LogP contribution in [0.25, 0.3) is 0 Å². The number of hydrogen-bond donors (Lipinski definition) is 1. The fourth-order valence-corrected chi connectivity index (χ4v) is 4.63. The van der Waals surface area contributed by atoms with Crippen LogP contribution in [0, 0.1) is 11.8 Å². The van der Waals surface area contributed by atoms with Gasteiger partial charge in [-0.2, -0.15) is 0 Å². The summed E-state index contributed by atoms with van der Waals surface area (Å²) in [5.41, 5.74) is 0. The van der Waals surface area contributed by atoms with Crippen molar-refractivity contribution < 1.29 is 17.9 Å². The molecular formula is C13H24N2O4S. The molecule has 2 amide bonds. The van der Waals surface area contributed by atoms with Crippen molar-refractivity contribution >= 4 is 15.9 Å². The van der Waals surface area contributed by atoms with Gasteiger partial charge in [0.05, 0.1) is 18.1 Å². The molecule has 2 aliphatic rings. The number of urea groups is 1. The maximum Gasteiger partial charge on any atom is 0.317 e. The summed E-state index contributed by atoms with van der Waals surface area (Å²) in [7, 11) is -2.87. The molecule has 116 valence electrons. The Morgan fingerprint density at radius 3 is 2.70 bits per heavy atom. The quantitative estimate of drug-likeness (QED) is 0.802. The minimum absolute atomic E-state index is 0.0671. The van der Waals surface area contributed by atoms with Crippen molar-refractivity contribution in [2.75, 3.05) is 44.4 Å². The highest BCUT2D eigenvalue weighted by atomic mass is 32.2. The van der Waals surface area contributed by atoms with Crippen molar-refractivity contribution in [3.8, 4) is 0 Å². The van der Waals surface area contributed by atoms with Crippen LogP contribution >= 0.6 is 0 Å². The van der Waals surface area contributed by atoms with E-state index in [1.54, 1.807) is 4.90 Å². The molecule has 0 aromatic heterocycles. The molecule has 0 saturated carbocycles. The zero-order valence-corrected chi connectivity index (χ0v) is 12.8. The maximum atomic E-state index is 12.1. The minimum atomic E-state index is -2.87. The first kappa shape index (κ1) is 15.6. The van der Waals surface area contributed by atoms with Crippen LogP contribution in [0.1, 0.15) is 19.8 Å². The molecule has 2 rings (SSSR count). The van der Waals surface area contributed by atoms with Gasteiger partial charge in [-0.25, -0.2) is 13.2 Å². The Kier molecular flexibility index (Phi) is 5.26. The van der Waals surface area contributed by atoms with Gasteiger partial charge in [0.2, 0.25) is 0 Å². The van der Waals surface area contributed by atoms with Crippen LogP contribution in [-0.4, -0.2) is 63.7 Å². The number of rotatable bonds is 5. The van der Waals surface area contributed by atoms with Gasteiger partial charge in [0.1, 0.15) is 0 Å². The largest absolute Gasteiger partial charge is 0.381 e. The molecule has 0 spiro atoms. The van der Waals surface area contributed by atoms with E-state index in [1.807, 2.05) is 6.92 Å². The number of carbonyl (C=O) groups is 1. The van der Waals surface area contributed by atoms with E-state index < -0.39 is 9.84 Å². The Bertz CT molecular complexity index is 432. The van der Waals surface area contributed by atoms with Crippen molar-refractivity contribution in [3.05, 3.63) is 0 Å². The van der Waals surface area contributed by atoms with Crippen molar-refractivity contribution in [2.45, 2.75) is 19.8 Å². The van der Waals surface area contributed by atoms with Gasteiger partial charge in [-0.3, -0.25) is 0 Å². The van der Waals surface area contributed by atoms with E-state index in [0.717, 1.165) is 19.6 Å². The zero-order chi connectivity index (χ0) is 14.6. The summed E-state index contributed by atoms with van der Waals surface area (Å²) >= 11 is 0. The van der Waals surface area contributed by atoms with Gasteiger partial charge in [-0.1, -0.05) is 0 Å². The Hall–Kier alpha value is -0.820. The van der Waals surface area contributed by atoms with Gasteiger partial charge in [-0.05, 0) is 25.7 Å².